The van der Waals surface area contributed by atoms with Gasteiger partial charge in [0.15, 0.2) is 0 Å². The van der Waals surface area contributed by atoms with Crippen molar-refractivity contribution in [2.75, 3.05) is 13.7 Å². The molecule has 5 heteroatoms. The predicted octanol–water partition coefficient (Wildman–Crippen LogP) is 1.36. The van der Waals surface area contributed by atoms with E-state index in [4.69, 9.17) is 4.74 Å². The lowest BCUT2D eigenvalue weighted by Crippen LogP contribution is -2.33. The van der Waals surface area contributed by atoms with Crippen LogP contribution in [0.2, 0.25) is 0 Å². The molecule has 0 N–H and O–H groups in total. The first-order chi connectivity index (χ1) is 6.06. The summed E-state index contributed by atoms with van der Waals surface area (Å²) in [5.74, 6) is -4.90. The summed E-state index contributed by atoms with van der Waals surface area (Å²) < 4.78 is 34.8. The molecule has 13 heavy (non-hydrogen) atoms. The lowest BCUT2D eigenvalue weighted by atomic mass is 10.1. The van der Waals surface area contributed by atoms with Gasteiger partial charge >= 0.3 is 11.9 Å². The van der Waals surface area contributed by atoms with Gasteiger partial charge in [0.25, 0.3) is 0 Å². The van der Waals surface area contributed by atoms with E-state index in [9.17, 15) is 13.6 Å². The summed E-state index contributed by atoms with van der Waals surface area (Å²) in [4.78, 5) is 10.6. The van der Waals surface area contributed by atoms with Crippen molar-refractivity contribution in [2.45, 2.75) is 31.3 Å². The highest BCUT2D eigenvalue weighted by molar-refractivity contribution is 5.77. The minimum atomic E-state index is -3.41. The smallest absolute Gasteiger partial charge is 0.376 e. The standard InChI is InChI=1S/C8H12F2O3/c1-12-7(11)8(9,10)5-6-3-2-4-13-6/h6H,2-5H2,1H3. The molecule has 1 rings (SSSR count). The van der Waals surface area contributed by atoms with Crippen molar-refractivity contribution in [3.8, 4) is 0 Å². The average molecular weight is 194 g/mol. The highest BCUT2D eigenvalue weighted by atomic mass is 19.3. The molecule has 1 aliphatic rings. The molecule has 1 fully saturated rings. The van der Waals surface area contributed by atoms with Crippen LogP contribution >= 0.6 is 0 Å². The summed E-state index contributed by atoms with van der Waals surface area (Å²) in [7, 11) is 0.950. The Morgan fingerprint density at radius 1 is 1.69 bits per heavy atom. The predicted molar refractivity (Wildman–Crippen MR) is 40.6 cm³/mol. The molecule has 1 saturated heterocycles. The van der Waals surface area contributed by atoms with Gasteiger partial charge in [-0.3, -0.25) is 0 Å². The van der Waals surface area contributed by atoms with Crippen LogP contribution in [-0.4, -0.2) is 31.7 Å². The van der Waals surface area contributed by atoms with Gasteiger partial charge in [0.1, 0.15) is 0 Å². The Bertz CT molecular complexity index is 188. The SMILES string of the molecule is COC(=O)C(F)(F)CC1CCCO1. The fourth-order valence-corrected chi connectivity index (χ4v) is 1.32. The molecule has 1 aliphatic heterocycles. The van der Waals surface area contributed by atoms with Crippen LogP contribution in [0.3, 0.4) is 0 Å². The van der Waals surface area contributed by atoms with Gasteiger partial charge < -0.3 is 9.47 Å². The Labute approximate surface area is 75.0 Å². The number of hydrogen-bond acceptors (Lipinski definition) is 3. The van der Waals surface area contributed by atoms with Crippen LogP contribution in [0.15, 0.2) is 0 Å². The molecule has 0 aromatic rings. The molecule has 1 heterocycles. The third-order valence-electron chi connectivity index (χ3n) is 1.99. The van der Waals surface area contributed by atoms with Crippen molar-refractivity contribution >= 4 is 5.97 Å². The maximum absolute atomic E-state index is 12.9. The van der Waals surface area contributed by atoms with Gasteiger partial charge in [0.2, 0.25) is 0 Å². The molecule has 0 radical (unpaired) electrons. The van der Waals surface area contributed by atoms with Crippen molar-refractivity contribution in [1.29, 1.82) is 0 Å². The summed E-state index contributed by atoms with van der Waals surface area (Å²) in [5.41, 5.74) is 0. The minimum Gasteiger partial charge on any atom is -0.465 e. The van der Waals surface area contributed by atoms with Crippen LogP contribution in [0.5, 0.6) is 0 Å². The number of methoxy groups -OCH3 is 1. The van der Waals surface area contributed by atoms with E-state index in [2.05, 4.69) is 4.74 Å². The molecule has 0 aromatic heterocycles. The molecule has 0 bridgehead atoms. The second-order valence-electron chi connectivity index (χ2n) is 3.04. The molecule has 0 aromatic carbocycles. The molecular formula is C8H12F2O3. The van der Waals surface area contributed by atoms with Gasteiger partial charge in [-0.15, -0.1) is 0 Å². The summed E-state index contributed by atoms with van der Waals surface area (Å²) >= 11 is 0. The van der Waals surface area contributed by atoms with Crippen molar-refractivity contribution in [2.24, 2.45) is 0 Å². The molecule has 0 spiro atoms. The zero-order valence-corrected chi connectivity index (χ0v) is 7.39. The highest BCUT2D eigenvalue weighted by Crippen LogP contribution is 2.27. The Morgan fingerprint density at radius 2 is 2.38 bits per heavy atom. The number of carbonyl (C=O) groups excluding carboxylic acids is 1. The van der Waals surface area contributed by atoms with Crippen molar-refractivity contribution in [1.82, 2.24) is 0 Å². The maximum Gasteiger partial charge on any atom is 0.376 e. The van der Waals surface area contributed by atoms with Gasteiger partial charge in [0, 0.05) is 13.0 Å². The zero-order chi connectivity index (χ0) is 9.90. The van der Waals surface area contributed by atoms with E-state index in [1.165, 1.54) is 0 Å². The van der Waals surface area contributed by atoms with Crippen molar-refractivity contribution in [3.05, 3.63) is 0 Å². The summed E-state index contributed by atoms with van der Waals surface area (Å²) in [6, 6.07) is 0. The second kappa shape index (κ2) is 4.00. The molecule has 0 aliphatic carbocycles. The number of alkyl halides is 2. The van der Waals surface area contributed by atoms with Gasteiger partial charge in [-0.05, 0) is 12.8 Å². The number of rotatable bonds is 3. The van der Waals surface area contributed by atoms with Crippen LogP contribution in [-0.2, 0) is 14.3 Å². The topological polar surface area (TPSA) is 35.5 Å². The van der Waals surface area contributed by atoms with Crippen molar-refractivity contribution < 1.29 is 23.0 Å². The normalized spacial score (nSPS) is 23.2. The molecule has 0 saturated carbocycles. The fourth-order valence-electron chi connectivity index (χ4n) is 1.32. The summed E-state index contributed by atoms with van der Waals surface area (Å²) in [6.45, 7) is 0.502. The van der Waals surface area contributed by atoms with Gasteiger partial charge in [-0.1, -0.05) is 0 Å². The van der Waals surface area contributed by atoms with Crippen LogP contribution in [0.4, 0.5) is 8.78 Å². The van der Waals surface area contributed by atoms with Crippen molar-refractivity contribution in [3.63, 3.8) is 0 Å². The second-order valence-corrected chi connectivity index (χ2v) is 3.04. The third kappa shape index (κ3) is 2.62. The van der Waals surface area contributed by atoms with Crippen LogP contribution < -0.4 is 0 Å². The Hall–Kier alpha value is -0.710. The minimum absolute atomic E-state index is 0.502. The van der Waals surface area contributed by atoms with E-state index in [0.29, 0.717) is 13.0 Å². The molecular weight excluding hydrogens is 182 g/mol. The molecule has 3 nitrogen and oxygen atoms in total. The maximum atomic E-state index is 12.9. The number of esters is 1. The Kier molecular flexibility index (Phi) is 3.19. The first kappa shape index (κ1) is 10.4. The highest BCUT2D eigenvalue weighted by Gasteiger charge is 2.43. The number of halogens is 2. The lowest BCUT2D eigenvalue weighted by Gasteiger charge is -2.16. The van der Waals surface area contributed by atoms with Crippen LogP contribution in [0.25, 0.3) is 0 Å². The Morgan fingerprint density at radius 3 is 2.85 bits per heavy atom. The van der Waals surface area contributed by atoms with Crippen LogP contribution in [0, 0.1) is 0 Å². The molecule has 76 valence electrons. The number of hydrogen-bond donors (Lipinski definition) is 0. The summed E-state index contributed by atoms with van der Waals surface area (Å²) in [5, 5.41) is 0. The first-order valence-corrected chi connectivity index (χ1v) is 4.14. The van der Waals surface area contributed by atoms with Crippen LogP contribution in [0.1, 0.15) is 19.3 Å². The first-order valence-electron chi connectivity index (χ1n) is 4.14. The lowest BCUT2D eigenvalue weighted by molar-refractivity contribution is -0.173. The Balaban J connectivity index is 2.44. The largest absolute Gasteiger partial charge is 0.465 e. The van der Waals surface area contributed by atoms with E-state index in [0.717, 1.165) is 13.5 Å². The van der Waals surface area contributed by atoms with E-state index in [-0.39, 0.29) is 0 Å². The average Bonchev–Trinajstić information content (AvgIpc) is 2.54. The van der Waals surface area contributed by atoms with Gasteiger partial charge in [-0.25, -0.2) is 4.79 Å². The third-order valence-corrected chi connectivity index (χ3v) is 1.99. The van der Waals surface area contributed by atoms with E-state index >= 15 is 0 Å². The quantitative estimate of drug-likeness (QED) is 0.636. The van der Waals surface area contributed by atoms with E-state index in [1.807, 2.05) is 0 Å². The van der Waals surface area contributed by atoms with E-state index < -0.39 is 24.4 Å². The summed E-state index contributed by atoms with van der Waals surface area (Å²) in [6.07, 6.45) is 0.294. The molecule has 0 amide bonds. The fraction of sp³-hybridized carbons (Fsp3) is 0.875. The number of carbonyl (C=O) groups is 1. The number of ether oxygens (including phenoxy) is 2. The van der Waals surface area contributed by atoms with Gasteiger partial charge in [0.05, 0.1) is 13.2 Å². The molecule has 1 atom stereocenters. The van der Waals surface area contributed by atoms with E-state index in [1.54, 1.807) is 0 Å². The monoisotopic (exact) mass is 194 g/mol. The van der Waals surface area contributed by atoms with Gasteiger partial charge in [-0.2, -0.15) is 8.78 Å². The molecule has 1 unspecified atom stereocenters. The zero-order valence-electron chi connectivity index (χ0n) is 7.39.